The van der Waals surface area contributed by atoms with E-state index in [1.165, 1.54) is 0 Å². The number of hydrogen-bond acceptors (Lipinski definition) is 5. The number of rotatable bonds is 8. The zero-order valence-corrected chi connectivity index (χ0v) is 17.5. The van der Waals surface area contributed by atoms with Crippen molar-refractivity contribution in [2.45, 2.75) is 13.1 Å². The lowest BCUT2D eigenvalue weighted by atomic mass is 10.2. The Morgan fingerprint density at radius 2 is 1.66 bits per heavy atom. The van der Waals surface area contributed by atoms with E-state index in [1.54, 1.807) is 27.6 Å². The molecule has 1 N–H and O–H groups in total. The molecule has 3 aromatic rings. The molecule has 1 aromatic heterocycles. The van der Waals surface area contributed by atoms with Gasteiger partial charge in [0, 0.05) is 12.6 Å². The normalized spacial score (nSPS) is 10.3. The van der Waals surface area contributed by atoms with E-state index in [0.29, 0.717) is 29.7 Å². The number of anilines is 1. The van der Waals surface area contributed by atoms with Gasteiger partial charge in [0.15, 0.2) is 5.11 Å². The van der Waals surface area contributed by atoms with E-state index in [-0.39, 0.29) is 0 Å². The highest BCUT2D eigenvalue weighted by atomic mass is 32.1. The summed E-state index contributed by atoms with van der Waals surface area (Å²) in [5.74, 6) is 3.00. The Kier molecular flexibility index (Phi) is 6.97. The number of nitrogens with one attached hydrogen (secondary N) is 1. The van der Waals surface area contributed by atoms with Crippen LogP contribution in [0.15, 0.2) is 65.3 Å². The standard InChI is InChI=1S/C22H24N2O4S/c1-25-17-8-6-16(7-9-17)14-24(15-19-5-4-12-28-19)22(29)23-20-11-10-18(26-2)13-21(20)27-3/h4-13H,14-15H2,1-3H3,(H,23,29). The molecule has 0 spiro atoms. The van der Waals surface area contributed by atoms with Crippen molar-refractivity contribution < 1.29 is 18.6 Å². The van der Waals surface area contributed by atoms with Crippen LogP contribution in [0.25, 0.3) is 0 Å². The number of thiocarbonyl (C=S) groups is 1. The lowest BCUT2D eigenvalue weighted by Crippen LogP contribution is -2.33. The third kappa shape index (κ3) is 5.42. The Morgan fingerprint density at radius 3 is 2.28 bits per heavy atom. The van der Waals surface area contributed by atoms with Gasteiger partial charge in [0.2, 0.25) is 0 Å². The highest BCUT2D eigenvalue weighted by Crippen LogP contribution is 2.29. The first-order valence-electron chi connectivity index (χ1n) is 9.06. The van der Waals surface area contributed by atoms with Crippen LogP contribution in [0, 0.1) is 0 Å². The molecule has 0 bridgehead atoms. The number of methoxy groups -OCH3 is 3. The third-order valence-corrected chi connectivity index (χ3v) is 4.76. The summed E-state index contributed by atoms with van der Waals surface area (Å²) in [7, 11) is 4.88. The van der Waals surface area contributed by atoms with Crippen molar-refractivity contribution in [3.8, 4) is 17.2 Å². The fraction of sp³-hybridized carbons (Fsp3) is 0.227. The summed E-state index contributed by atoms with van der Waals surface area (Å²) in [6, 6.07) is 17.2. The van der Waals surface area contributed by atoms with Gasteiger partial charge < -0.3 is 28.8 Å². The molecule has 0 amide bonds. The van der Waals surface area contributed by atoms with Gasteiger partial charge >= 0.3 is 0 Å². The van der Waals surface area contributed by atoms with Crippen LogP contribution in [0.4, 0.5) is 5.69 Å². The summed E-state index contributed by atoms with van der Waals surface area (Å²) >= 11 is 5.71. The minimum absolute atomic E-state index is 0.531. The lowest BCUT2D eigenvalue weighted by Gasteiger charge is -2.26. The fourth-order valence-electron chi connectivity index (χ4n) is 2.84. The molecule has 7 heteroatoms. The molecular weight excluding hydrogens is 388 g/mol. The molecular formula is C22H24N2O4S. The van der Waals surface area contributed by atoms with Gasteiger partial charge in [-0.3, -0.25) is 0 Å². The zero-order valence-electron chi connectivity index (χ0n) is 16.7. The summed E-state index contributed by atoms with van der Waals surface area (Å²) in [5, 5.41) is 3.83. The Balaban J connectivity index is 1.80. The first-order chi connectivity index (χ1) is 14.1. The van der Waals surface area contributed by atoms with Crippen LogP contribution in [-0.4, -0.2) is 31.3 Å². The van der Waals surface area contributed by atoms with Gasteiger partial charge in [-0.2, -0.15) is 0 Å². The van der Waals surface area contributed by atoms with Gasteiger partial charge in [0.25, 0.3) is 0 Å². The summed E-state index contributed by atoms with van der Waals surface area (Å²) in [4.78, 5) is 2.03. The molecule has 29 heavy (non-hydrogen) atoms. The van der Waals surface area contributed by atoms with Gasteiger partial charge in [-0.25, -0.2) is 0 Å². The van der Waals surface area contributed by atoms with E-state index in [9.17, 15) is 0 Å². The molecule has 2 aromatic carbocycles. The van der Waals surface area contributed by atoms with Crippen LogP contribution in [0.3, 0.4) is 0 Å². The summed E-state index contributed by atoms with van der Waals surface area (Å²) in [5.41, 5.74) is 1.86. The molecule has 0 saturated heterocycles. The minimum Gasteiger partial charge on any atom is -0.497 e. The smallest absolute Gasteiger partial charge is 0.174 e. The Hall–Kier alpha value is -3.19. The molecule has 1 heterocycles. The Labute approximate surface area is 176 Å². The molecule has 0 fully saturated rings. The molecule has 3 rings (SSSR count). The summed E-state index contributed by atoms with van der Waals surface area (Å²) in [6.07, 6.45) is 1.66. The molecule has 6 nitrogen and oxygen atoms in total. The molecule has 0 aliphatic rings. The summed E-state index contributed by atoms with van der Waals surface area (Å²) in [6.45, 7) is 1.14. The van der Waals surface area contributed by atoms with Crippen molar-refractivity contribution in [3.05, 3.63) is 72.2 Å². The second-order valence-electron chi connectivity index (χ2n) is 6.28. The first-order valence-corrected chi connectivity index (χ1v) is 9.47. The van der Waals surface area contributed by atoms with Crippen LogP contribution >= 0.6 is 12.2 Å². The van der Waals surface area contributed by atoms with Crippen molar-refractivity contribution >= 4 is 23.0 Å². The molecule has 0 radical (unpaired) electrons. The van der Waals surface area contributed by atoms with Crippen LogP contribution in [-0.2, 0) is 13.1 Å². The average Bonchev–Trinajstić information content (AvgIpc) is 3.27. The average molecular weight is 413 g/mol. The Bertz CT molecular complexity index is 926. The SMILES string of the molecule is COc1ccc(CN(Cc2ccco2)C(=S)Nc2ccc(OC)cc2OC)cc1. The first kappa shape index (κ1) is 20.5. The molecule has 0 aliphatic heterocycles. The highest BCUT2D eigenvalue weighted by Gasteiger charge is 2.15. The largest absolute Gasteiger partial charge is 0.497 e. The van der Waals surface area contributed by atoms with Crippen molar-refractivity contribution in [2.24, 2.45) is 0 Å². The predicted molar refractivity (Wildman–Crippen MR) is 117 cm³/mol. The number of hydrogen-bond donors (Lipinski definition) is 1. The Morgan fingerprint density at radius 1 is 0.931 bits per heavy atom. The number of furan rings is 1. The van der Waals surface area contributed by atoms with Crippen LogP contribution in [0.5, 0.6) is 17.2 Å². The quantitative estimate of drug-likeness (QED) is 0.538. The van der Waals surface area contributed by atoms with E-state index in [1.807, 2.05) is 59.5 Å². The van der Waals surface area contributed by atoms with E-state index >= 15 is 0 Å². The third-order valence-electron chi connectivity index (χ3n) is 4.40. The fourth-order valence-corrected chi connectivity index (χ4v) is 3.08. The molecule has 0 saturated carbocycles. The predicted octanol–water partition coefficient (Wildman–Crippen LogP) is 4.70. The number of nitrogens with zero attached hydrogens (tertiary/aromatic N) is 1. The van der Waals surface area contributed by atoms with E-state index in [2.05, 4.69) is 5.32 Å². The highest BCUT2D eigenvalue weighted by molar-refractivity contribution is 7.80. The van der Waals surface area contributed by atoms with Gasteiger partial charge in [-0.1, -0.05) is 12.1 Å². The van der Waals surface area contributed by atoms with Crippen molar-refractivity contribution in [1.29, 1.82) is 0 Å². The van der Waals surface area contributed by atoms with Crippen LogP contribution < -0.4 is 19.5 Å². The lowest BCUT2D eigenvalue weighted by molar-refractivity contribution is 0.359. The monoisotopic (exact) mass is 412 g/mol. The minimum atomic E-state index is 0.531. The maximum absolute atomic E-state index is 5.71. The van der Waals surface area contributed by atoms with Crippen molar-refractivity contribution in [2.75, 3.05) is 26.6 Å². The van der Waals surface area contributed by atoms with Gasteiger partial charge in [0.05, 0.1) is 39.8 Å². The second-order valence-corrected chi connectivity index (χ2v) is 6.67. The van der Waals surface area contributed by atoms with E-state index < -0.39 is 0 Å². The van der Waals surface area contributed by atoms with Crippen LogP contribution in [0.2, 0.25) is 0 Å². The molecule has 152 valence electrons. The van der Waals surface area contributed by atoms with Gasteiger partial charge in [-0.05, 0) is 54.2 Å². The van der Waals surface area contributed by atoms with Crippen LogP contribution in [0.1, 0.15) is 11.3 Å². The van der Waals surface area contributed by atoms with Gasteiger partial charge in [0.1, 0.15) is 23.0 Å². The molecule has 0 aliphatic carbocycles. The second kappa shape index (κ2) is 9.84. The van der Waals surface area contributed by atoms with Crippen molar-refractivity contribution in [1.82, 2.24) is 4.90 Å². The topological polar surface area (TPSA) is 56.1 Å². The number of benzene rings is 2. The van der Waals surface area contributed by atoms with E-state index in [0.717, 1.165) is 22.8 Å². The maximum atomic E-state index is 5.71. The zero-order chi connectivity index (χ0) is 20.6. The van der Waals surface area contributed by atoms with Gasteiger partial charge in [-0.15, -0.1) is 0 Å². The summed E-state index contributed by atoms with van der Waals surface area (Å²) < 4.78 is 21.5. The number of ether oxygens (including phenoxy) is 3. The van der Waals surface area contributed by atoms with Crippen molar-refractivity contribution in [3.63, 3.8) is 0 Å². The molecule has 0 unspecified atom stereocenters. The maximum Gasteiger partial charge on any atom is 0.174 e. The molecule has 0 atom stereocenters. The van der Waals surface area contributed by atoms with E-state index in [4.69, 9.17) is 30.8 Å².